The van der Waals surface area contributed by atoms with Crippen LogP contribution < -0.4 is 5.32 Å². The fourth-order valence-corrected chi connectivity index (χ4v) is 3.00. The third-order valence-corrected chi connectivity index (χ3v) is 4.15. The van der Waals surface area contributed by atoms with Crippen LogP contribution in [0.15, 0.2) is 35.7 Å². The van der Waals surface area contributed by atoms with E-state index in [4.69, 9.17) is 5.26 Å². The van der Waals surface area contributed by atoms with Crippen LogP contribution in [0.5, 0.6) is 0 Å². The molecule has 2 aromatic rings. The van der Waals surface area contributed by atoms with Gasteiger partial charge < -0.3 is 5.32 Å². The Labute approximate surface area is 118 Å². The molecule has 3 heteroatoms. The van der Waals surface area contributed by atoms with Gasteiger partial charge in [-0.05, 0) is 42.0 Å². The molecule has 0 spiro atoms. The first-order valence-electron chi connectivity index (χ1n) is 6.42. The van der Waals surface area contributed by atoms with E-state index in [1.165, 1.54) is 10.4 Å². The Morgan fingerprint density at radius 2 is 2.05 bits per heavy atom. The van der Waals surface area contributed by atoms with Gasteiger partial charge in [-0.25, -0.2) is 0 Å². The number of benzene rings is 1. The second-order valence-corrected chi connectivity index (χ2v) is 6.00. The lowest BCUT2D eigenvalue weighted by Crippen LogP contribution is -2.16. The van der Waals surface area contributed by atoms with E-state index in [-0.39, 0.29) is 6.04 Å². The molecule has 2 rings (SSSR count). The molecular formula is C16H18N2S. The Balaban J connectivity index is 2.30. The van der Waals surface area contributed by atoms with Crippen molar-refractivity contribution >= 4 is 17.0 Å². The summed E-state index contributed by atoms with van der Waals surface area (Å²) in [6.07, 6.45) is 0. The molecule has 0 radical (unpaired) electrons. The first-order valence-corrected chi connectivity index (χ1v) is 7.30. The Morgan fingerprint density at radius 1 is 1.26 bits per heavy atom. The molecular weight excluding hydrogens is 252 g/mol. The average Bonchev–Trinajstić information content (AvgIpc) is 2.91. The van der Waals surface area contributed by atoms with Crippen molar-refractivity contribution in [3.8, 4) is 6.07 Å². The van der Waals surface area contributed by atoms with E-state index in [1.54, 1.807) is 11.3 Å². The highest BCUT2D eigenvalue weighted by atomic mass is 32.1. The summed E-state index contributed by atoms with van der Waals surface area (Å²) in [6, 6.07) is 12.5. The minimum Gasteiger partial charge on any atom is -0.377 e. The number of thiophene rings is 1. The number of nitriles is 1. The Kier molecular flexibility index (Phi) is 4.24. The first-order chi connectivity index (χ1) is 9.11. The van der Waals surface area contributed by atoms with E-state index < -0.39 is 0 Å². The molecule has 0 aliphatic rings. The van der Waals surface area contributed by atoms with Crippen LogP contribution in [-0.4, -0.2) is 0 Å². The van der Waals surface area contributed by atoms with Crippen LogP contribution in [0.3, 0.4) is 0 Å². The molecule has 0 aliphatic carbocycles. The lowest BCUT2D eigenvalue weighted by atomic mass is 10.0. The van der Waals surface area contributed by atoms with Crippen LogP contribution >= 0.6 is 11.3 Å². The summed E-state index contributed by atoms with van der Waals surface area (Å²) in [7, 11) is 0. The van der Waals surface area contributed by atoms with Gasteiger partial charge in [0.1, 0.15) is 0 Å². The largest absolute Gasteiger partial charge is 0.377 e. The monoisotopic (exact) mass is 270 g/mol. The van der Waals surface area contributed by atoms with Gasteiger partial charge in [-0.3, -0.25) is 0 Å². The minimum absolute atomic E-state index is 0.285. The fraction of sp³-hybridized carbons (Fsp3) is 0.312. The van der Waals surface area contributed by atoms with Gasteiger partial charge in [0.2, 0.25) is 0 Å². The highest BCUT2D eigenvalue weighted by molar-refractivity contribution is 7.10. The number of nitrogens with zero attached hydrogens (tertiary/aromatic N) is 1. The van der Waals surface area contributed by atoms with Gasteiger partial charge in [0.25, 0.3) is 0 Å². The molecule has 0 aliphatic heterocycles. The van der Waals surface area contributed by atoms with E-state index in [9.17, 15) is 0 Å². The van der Waals surface area contributed by atoms with E-state index in [1.807, 2.05) is 18.2 Å². The summed E-state index contributed by atoms with van der Waals surface area (Å²) in [4.78, 5) is 1.33. The molecule has 1 atom stereocenters. The van der Waals surface area contributed by atoms with Gasteiger partial charge >= 0.3 is 0 Å². The SMILES string of the molecule is Cc1ccc(C#N)cc1NC(c1cccs1)C(C)C. The van der Waals surface area contributed by atoms with Crippen molar-refractivity contribution in [1.29, 1.82) is 5.26 Å². The van der Waals surface area contributed by atoms with Crippen LogP contribution in [0.1, 0.15) is 35.9 Å². The van der Waals surface area contributed by atoms with Crippen molar-refractivity contribution < 1.29 is 0 Å². The summed E-state index contributed by atoms with van der Waals surface area (Å²) in [5.74, 6) is 0.490. The Morgan fingerprint density at radius 3 is 2.63 bits per heavy atom. The zero-order chi connectivity index (χ0) is 13.8. The highest BCUT2D eigenvalue weighted by Gasteiger charge is 2.17. The number of hydrogen-bond acceptors (Lipinski definition) is 3. The molecule has 98 valence electrons. The Hall–Kier alpha value is -1.79. The van der Waals surface area contributed by atoms with Crippen molar-refractivity contribution in [2.24, 2.45) is 5.92 Å². The smallest absolute Gasteiger partial charge is 0.0992 e. The maximum atomic E-state index is 9.00. The molecule has 1 unspecified atom stereocenters. The van der Waals surface area contributed by atoms with Gasteiger partial charge in [-0.1, -0.05) is 26.0 Å². The molecule has 0 fully saturated rings. The van der Waals surface area contributed by atoms with Gasteiger partial charge in [-0.2, -0.15) is 5.26 Å². The van der Waals surface area contributed by atoms with Crippen LogP contribution in [-0.2, 0) is 0 Å². The maximum absolute atomic E-state index is 9.00. The molecule has 1 aromatic heterocycles. The fourth-order valence-electron chi connectivity index (χ4n) is 2.05. The number of aryl methyl sites for hydroxylation is 1. The summed E-state index contributed by atoms with van der Waals surface area (Å²) >= 11 is 1.77. The van der Waals surface area contributed by atoms with Crippen LogP contribution in [0.4, 0.5) is 5.69 Å². The second-order valence-electron chi connectivity index (χ2n) is 5.02. The summed E-state index contributed by atoms with van der Waals surface area (Å²) < 4.78 is 0. The van der Waals surface area contributed by atoms with Crippen molar-refractivity contribution in [2.45, 2.75) is 26.8 Å². The third-order valence-electron chi connectivity index (χ3n) is 3.19. The van der Waals surface area contributed by atoms with Crippen LogP contribution in [0, 0.1) is 24.2 Å². The van der Waals surface area contributed by atoms with Gasteiger partial charge in [-0.15, -0.1) is 11.3 Å². The average molecular weight is 270 g/mol. The molecule has 19 heavy (non-hydrogen) atoms. The molecule has 2 nitrogen and oxygen atoms in total. The number of rotatable bonds is 4. The van der Waals surface area contributed by atoms with Gasteiger partial charge in [0, 0.05) is 10.6 Å². The quantitative estimate of drug-likeness (QED) is 0.871. The molecule has 0 amide bonds. The lowest BCUT2D eigenvalue weighted by molar-refractivity contribution is 0.553. The first kappa shape index (κ1) is 13.6. The van der Waals surface area contributed by atoms with E-state index in [0.717, 1.165) is 5.69 Å². The predicted octanol–water partition coefficient (Wildman–Crippen LogP) is 4.74. The topological polar surface area (TPSA) is 35.8 Å². The highest BCUT2D eigenvalue weighted by Crippen LogP contribution is 2.31. The predicted molar refractivity (Wildman–Crippen MR) is 81.4 cm³/mol. The summed E-state index contributed by atoms with van der Waals surface area (Å²) in [5, 5.41) is 14.7. The molecule has 1 N–H and O–H groups in total. The molecule has 0 saturated heterocycles. The lowest BCUT2D eigenvalue weighted by Gasteiger charge is -2.23. The van der Waals surface area contributed by atoms with Gasteiger partial charge in [0.15, 0.2) is 0 Å². The van der Waals surface area contributed by atoms with E-state index in [2.05, 4.69) is 49.7 Å². The minimum atomic E-state index is 0.285. The maximum Gasteiger partial charge on any atom is 0.0992 e. The molecule has 1 heterocycles. The van der Waals surface area contributed by atoms with E-state index in [0.29, 0.717) is 11.5 Å². The van der Waals surface area contributed by atoms with Crippen molar-refractivity contribution in [3.63, 3.8) is 0 Å². The second kappa shape index (κ2) is 5.90. The number of hydrogen-bond donors (Lipinski definition) is 1. The normalized spacial score (nSPS) is 12.2. The molecule has 0 saturated carbocycles. The number of nitrogens with one attached hydrogen (secondary N) is 1. The summed E-state index contributed by atoms with van der Waals surface area (Å²) in [5.41, 5.74) is 2.91. The zero-order valence-corrected chi connectivity index (χ0v) is 12.3. The van der Waals surface area contributed by atoms with E-state index >= 15 is 0 Å². The third kappa shape index (κ3) is 3.15. The number of anilines is 1. The van der Waals surface area contributed by atoms with Crippen LogP contribution in [0.2, 0.25) is 0 Å². The summed E-state index contributed by atoms with van der Waals surface area (Å²) in [6.45, 7) is 6.48. The Bertz CT molecular complexity index is 579. The standard InChI is InChI=1S/C16H18N2S/c1-11(2)16(15-5-4-8-19-15)18-14-9-13(10-17)7-6-12(14)3/h4-9,11,16,18H,1-3H3. The molecule has 1 aromatic carbocycles. The van der Waals surface area contributed by atoms with Crippen molar-refractivity contribution in [1.82, 2.24) is 0 Å². The van der Waals surface area contributed by atoms with Crippen molar-refractivity contribution in [2.75, 3.05) is 5.32 Å². The molecule has 0 bridgehead atoms. The van der Waals surface area contributed by atoms with Gasteiger partial charge in [0.05, 0.1) is 17.7 Å². The van der Waals surface area contributed by atoms with Crippen LogP contribution in [0.25, 0.3) is 0 Å². The van der Waals surface area contributed by atoms with Crippen molar-refractivity contribution in [3.05, 3.63) is 51.7 Å². The zero-order valence-electron chi connectivity index (χ0n) is 11.5.